The van der Waals surface area contributed by atoms with Gasteiger partial charge in [0.15, 0.2) is 5.78 Å². The highest BCUT2D eigenvalue weighted by molar-refractivity contribution is 6.16. The van der Waals surface area contributed by atoms with Gasteiger partial charge in [0.1, 0.15) is 5.57 Å². The number of Topliss-reactive ketones (excluding diaryl/α,β-unsaturated/α-hetero) is 1. The monoisotopic (exact) mass is 433 g/mol. The summed E-state index contributed by atoms with van der Waals surface area (Å²) in [6.07, 6.45) is 25.8. The van der Waals surface area contributed by atoms with Gasteiger partial charge in [0, 0.05) is 13.1 Å². The van der Waals surface area contributed by atoms with E-state index in [9.17, 15) is 9.59 Å². The number of hydrogen-bond donors (Lipinski definition) is 0. The lowest BCUT2D eigenvalue weighted by Crippen LogP contribution is -2.24. The van der Waals surface area contributed by atoms with E-state index in [4.69, 9.17) is 4.74 Å². The van der Waals surface area contributed by atoms with Gasteiger partial charge in [0.25, 0.3) is 0 Å². The van der Waals surface area contributed by atoms with Crippen LogP contribution in [0.3, 0.4) is 0 Å². The Bertz CT molecular complexity index is 533. The third kappa shape index (κ3) is 15.0. The third-order valence-electron chi connectivity index (χ3n) is 6.03. The number of carbonyl (C=O) groups is 2. The van der Waals surface area contributed by atoms with E-state index in [0.717, 1.165) is 25.9 Å². The fourth-order valence-corrected chi connectivity index (χ4v) is 4.02. The van der Waals surface area contributed by atoms with Gasteiger partial charge in [-0.2, -0.15) is 0 Å². The summed E-state index contributed by atoms with van der Waals surface area (Å²) < 4.78 is 5.33. The first-order valence-corrected chi connectivity index (χ1v) is 13.0. The summed E-state index contributed by atoms with van der Waals surface area (Å²) in [5, 5.41) is 0. The second kappa shape index (κ2) is 19.1. The van der Waals surface area contributed by atoms with E-state index in [2.05, 4.69) is 11.8 Å². The van der Waals surface area contributed by atoms with Crippen LogP contribution < -0.4 is 0 Å². The number of allylic oxidation sites excluding steroid dienone is 2. The van der Waals surface area contributed by atoms with Crippen LogP contribution in [0, 0.1) is 0 Å². The number of likely N-dealkylation sites (tertiary alicyclic amines) is 1. The Balaban J connectivity index is 2.05. The molecule has 0 amide bonds. The summed E-state index contributed by atoms with van der Waals surface area (Å²) in [7, 11) is 0. The standard InChI is InChI=1S/C27H47NO3/c1-3-4-5-6-7-8-9-10-11-12-13-14-18-24-31-27(30)26(25(2)29)20-19-23-28-21-16-15-17-22-28/h19-20,23H,3-18,21-22,24H2,1-2H3. The number of nitrogens with zero attached hydrogens (tertiary/aromatic N) is 1. The quantitative estimate of drug-likeness (QED) is 0.0575. The molecule has 0 aromatic carbocycles. The van der Waals surface area contributed by atoms with Crippen molar-refractivity contribution in [1.82, 2.24) is 4.90 Å². The molecule has 0 bridgehead atoms. The van der Waals surface area contributed by atoms with Gasteiger partial charge in [-0.3, -0.25) is 4.79 Å². The highest BCUT2D eigenvalue weighted by Gasteiger charge is 2.15. The van der Waals surface area contributed by atoms with Crippen molar-refractivity contribution in [3.8, 4) is 0 Å². The van der Waals surface area contributed by atoms with Gasteiger partial charge in [-0.25, -0.2) is 4.79 Å². The second-order valence-corrected chi connectivity index (χ2v) is 8.95. The van der Waals surface area contributed by atoms with Crippen molar-refractivity contribution in [2.75, 3.05) is 19.7 Å². The Hall–Kier alpha value is -1.58. The zero-order chi connectivity index (χ0) is 22.6. The molecular weight excluding hydrogens is 386 g/mol. The van der Waals surface area contributed by atoms with Crippen LogP contribution in [-0.4, -0.2) is 36.3 Å². The van der Waals surface area contributed by atoms with E-state index in [1.807, 2.05) is 6.20 Å². The first kappa shape index (κ1) is 27.5. The minimum atomic E-state index is -0.491. The van der Waals surface area contributed by atoms with Crippen LogP contribution in [-0.2, 0) is 14.3 Å². The number of carbonyl (C=O) groups excluding carboxylic acids is 2. The van der Waals surface area contributed by atoms with Crippen LogP contribution in [0.15, 0.2) is 23.9 Å². The van der Waals surface area contributed by atoms with Gasteiger partial charge in [-0.1, -0.05) is 84.0 Å². The van der Waals surface area contributed by atoms with E-state index in [1.165, 1.54) is 96.8 Å². The molecular formula is C27H47NO3. The van der Waals surface area contributed by atoms with E-state index >= 15 is 0 Å². The minimum absolute atomic E-state index is 0.142. The van der Waals surface area contributed by atoms with Crippen LogP contribution in [0.4, 0.5) is 0 Å². The smallest absolute Gasteiger partial charge is 0.341 e. The summed E-state index contributed by atoms with van der Waals surface area (Å²) in [6.45, 7) is 6.18. The molecule has 1 heterocycles. The maximum absolute atomic E-state index is 12.2. The molecule has 1 saturated heterocycles. The van der Waals surface area contributed by atoms with Crippen molar-refractivity contribution in [2.24, 2.45) is 0 Å². The number of hydrogen-bond acceptors (Lipinski definition) is 4. The minimum Gasteiger partial charge on any atom is -0.462 e. The van der Waals surface area contributed by atoms with Crippen molar-refractivity contribution in [3.63, 3.8) is 0 Å². The fourth-order valence-electron chi connectivity index (χ4n) is 4.02. The number of rotatable bonds is 18. The van der Waals surface area contributed by atoms with Crippen LogP contribution in [0.2, 0.25) is 0 Å². The van der Waals surface area contributed by atoms with Gasteiger partial charge >= 0.3 is 5.97 Å². The molecule has 1 aliphatic rings. The summed E-state index contributed by atoms with van der Waals surface area (Å²) in [5.41, 5.74) is 0.142. The zero-order valence-electron chi connectivity index (χ0n) is 20.3. The van der Waals surface area contributed by atoms with Crippen molar-refractivity contribution in [2.45, 2.75) is 117 Å². The largest absolute Gasteiger partial charge is 0.462 e. The lowest BCUT2D eigenvalue weighted by Gasteiger charge is -2.24. The zero-order valence-corrected chi connectivity index (χ0v) is 20.3. The van der Waals surface area contributed by atoms with Crippen LogP contribution in [0.5, 0.6) is 0 Å². The Morgan fingerprint density at radius 3 is 1.81 bits per heavy atom. The molecule has 31 heavy (non-hydrogen) atoms. The molecule has 4 nitrogen and oxygen atoms in total. The van der Waals surface area contributed by atoms with Crippen molar-refractivity contribution in [3.05, 3.63) is 23.9 Å². The molecule has 0 N–H and O–H groups in total. The highest BCUT2D eigenvalue weighted by atomic mass is 16.5. The first-order valence-electron chi connectivity index (χ1n) is 13.0. The Kier molecular flexibility index (Phi) is 16.9. The van der Waals surface area contributed by atoms with E-state index in [0.29, 0.717) is 6.61 Å². The van der Waals surface area contributed by atoms with Crippen molar-refractivity contribution < 1.29 is 14.3 Å². The molecule has 0 unspecified atom stereocenters. The highest BCUT2D eigenvalue weighted by Crippen LogP contribution is 2.13. The molecule has 0 radical (unpaired) electrons. The average Bonchev–Trinajstić information content (AvgIpc) is 2.77. The molecule has 1 fully saturated rings. The Labute approximate surface area is 191 Å². The molecule has 0 atom stereocenters. The summed E-state index contributed by atoms with van der Waals surface area (Å²) in [6, 6.07) is 0. The topological polar surface area (TPSA) is 46.6 Å². The van der Waals surface area contributed by atoms with Crippen LogP contribution in [0.1, 0.15) is 117 Å². The molecule has 4 heteroatoms. The Morgan fingerprint density at radius 2 is 1.29 bits per heavy atom. The van der Waals surface area contributed by atoms with Gasteiger partial charge in [0.2, 0.25) is 0 Å². The molecule has 178 valence electrons. The number of esters is 1. The lowest BCUT2D eigenvalue weighted by molar-refractivity contribution is -0.140. The average molecular weight is 434 g/mol. The van der Waals surface area contributed by atoms with Crippen molar-refractivity contribution in [1.29, 1.82) is 0 Å². The molecule has 0 aliphatic carbocycles. The van der Waals surface area contributed by atoms with Crippen molar-refractivity contribution >= 4 is 11.8 Å². The van der Waals surface area contributed by atoms with Gasteiger partial charge in [-0.05, 0) is 51.0 Å². The maximum atomic E-state index is 12.2. The second-order valence-electron chi connectivity index (χ2n) is 8.95. The van der Waals surface area contributed by atoms with E-state index in [1.54, 1.807) is 12.2 Å². The number of piperidine rings is 1. The molecule has 0 spiro atoms. The van der Waals surface area contributed by atoms with Gasteiger partial charge in [0.05, 0.1) is 6.61 Å². The number of ether oxygens (including phenoxy) is 1. The van der Waals surface area contributed by atoms with E-state index < -0.39 is 5.97 Å². The normalized spacial score (nSPS) is 14.9. The molecule has 1 rings (SSSR count). The lowest BCUT2D eigenvalue weighted by atomic mass is 10.0. The van der Waals surface area contributed by atoms with Crippen LogP contribution >= 0.6 is 0 Å². The molecule has 1 aliphatic heterocycles. The molecule has 0 aromatic rings. The predicted octanol–water partition coefficient (Wildman–Crippen LogP) is 7.14. The molecule has 0 saturated carbocycles. The SMILES string of the molecule is CCCCCCCCCCCCCCCOC(=O)C(=CC=CN1CCCCC1)C(C)=O. The van der Waals surface area contributed by atoms with E-state index in [-0.39, 0.29) is 11.4 Å². The van der Waals surface area contributed by atoms with Gasteiger partial charge in [-0.15, -0.1) is 0 Å². The summed E-state index contributed by atoms with van der Waals surface area (Å²) in [4.78, 5) is 26.3. The number of unbranched alkanes of at least 4 members (excludes halogenated alkanes) is 12. The predicted molar refractivity (Wildman–Crippen MR) is 130 cm³/mol. The maximum Gasteiger partial charge on any atom is 0.341 e. The Morgan fingerprint density at radius 1 is 0.774 bits per heavy atom. The third-order valence-corrected chi connectivity index (χ3v) is 6.03. The summed E-state index contributed by atoms with van der Waals surface area (Å²) in [5.74, 6) is -0.728. The van der Waals surface area contributed by atoms with Gasteiger partial charge < -0.3 is 9.64 Å². The number of ketones is 1. The summed E-state index contributed by atoms with van der Waals surface area (Å²) >= 11 is 0. The fraction of sp³-hybridized carbons (Fsp3) is 0.778. The first-order chi connectivity index (χ1) is 15.1. The molecule has 0 aromatic heterocycles. The van der Waals surface area contributed by atoms with Crippen LogP contribution in [0.25, 0.3) is 0 Å².